The summed E-state index contributed by atoms with van der Waals surface area (Å²) in [6.45, 7) is 1.52. The van der Waals surface area contributed by atoms with Crippen LogP contribution in [0, 0.1) is 11.3 Å². The Morgan fingerprint density at radius 1 is 1.36 bits per heavy atom. The molecule has 0 aliphatic carbocycles. The zero-order valence-corrected chi connectivity index (χ0v) is 15.5. The van der Waals surface area contributed by atoms with E-state index in [-0.39, 0.29) is 12.6 Å². The highest BCUT2D eigenvalue weighted by Crippen LogP contribution is 2.31. The fourth-order valence-corrected chi connectivity index (χ4v) is 3.55. The number of ether oxygens (including phenoxy) is 1. The summed E-state index contributed by atoms with van der Waals surface area (Å²) in [5, 5.41) is 9.95. The number of nitriles is 1. The number of aromatic nitrogens is 1. The van der Waals surface area contributed by atoms with Crippen LogP contribution in [0.5, 0.6) is 0 Å². The van der Waals surface area contributed by atoms with Crippen molar-refractivity contribution in [3.63, 3.8) is 0 Å². The number of rotatable bonds is 4. The lowest BCUT2D eigenvalue weighted by Gasteiger charge is -2.38. The van der Waals surface area contributed by atoms with Crippen molar-refractivity contribution in [3.8, 4) is 6.07 Å². The van der Waals surface area contributed by atoms with Crippen LogP contribution in [0.25, 0.3) is 10.9 Å². The minimum Gasteiger partial charge on any atom is -0.369 e. The van der Waals surface area contributed by atoms with Crippen molar-refractivity contribution < 1.29 is 30.5 Å². The maximum Gasteiger partial charge on any atom is 0.523 e. The second kappa shape index (κ2) is 7.54. The Morgan fingerprint density at radius 3 is 2.79 bits per heavy atom. The molecule has 2 atom stereocenters. The van der Waals surface area contributed by atoms with Gasteiger partial charge in [0, 0.05) is 30.4 Å². The summed E-state index contributed by atoms with van der Waals surface area (Å²) in [5.41, 5.74) is -3.85. The van der Waals surface area contributed by atoms with E-state index < -0.39 is 28.3 Å². The van der Waals surface area contributed by atoms with E-state index in [1.165, 1.54) is 0 Å². The van der Waals surface area contributed by atoms with Gasteiger partial charge in [-0.1, -0.05) is 0 Å². The van der Waals surface area contributed by atoms with Gasteiger partial charge in [-0.15, -0.1) is 0 Å². The van der Waals surface area contributed by atoms with Gasteiger partial charge in [0.25, 0.3) is 0 Å². The Hall–Kier alpha value is -2.42. The largest absolute Gasteiger partial charge is 0.523 e. The lowest BCUT2D eigenvalue weighted by atomic mass is 10.1. The van der Waals surface area contributed by atoms with Crippen LogP contribution in [0.4, 0.5) is 18.9 Å². The number of morpholine rings is 1. The number of anilines is 1. The van der Waals surface area contributed by atoms with Crippen molar-refractivity contribution in [1.82, 2.24) is 4.98 Å². The van der Waals surface area contributed by atoms with E-state index in [0.717, 1.165) is 5.69 Å². The molecule has 1 aliphatic heterocycles. The summed E-state index contributed by atoms with van der Waals surface area (Å²) >= 11 is 0. The van der Waals surface area contributed by atoms with Crippen LogP contribution in [-0.2, 0) is 19.0 Å². The van der Waals surface area contributed by atoms with E-state index >= 15 is 0 Å². The average molecular weight is 415 g/mol. The molecule has 1 aromatic carbocycles. The molecule has 11 heteroatoms. The third kappa shape index (κ3) is 4.04. The van der Waals surface area contributed by atoms with Gasteiger partial charge in [0.15, 0.2) is 0 Å². The predicted molar refractivity (Wildman–Crippen MR) is 93.9 cm³/mol. The Kier molecular flexibility index (Phi) is 5.47. The van der Waals surface area contributed by atoms with Crippen LogP contribution < -0.4 is 4.90 Å². The molecule has 0 N–H and O–H groups in total. The quantitative estimate of drug-likeness (QED) is 0.560. The molecule has 0 radical (unpaired) electrons. The van der Waals surface area contributed by atoms with E-state index in [9.17, 15) is 26.9 Å². The Bertz CT molecular complexity index is 1020. The fourth-order valence-electron chi connectivity index (χ4n) is 3.09. The second-order valence-corrected chi connectivity index (χ2v) is 7.91. The highest BCUT2D eigenvalue weighted by atomic mass is 32.2. The molecule has 3 rings (SSSR count). The molecule has 0 bridgehead atoms. The van der Waals surface area contributed by atoms with Crippen LogP contribution in [0.1, 0.15) is 12.5 Å². The van der Waals surface area contributed by atoms with Crippen LogP contribution in [0.15, 0.2) is 30.5 Å². The molecule has 0 saturated carbocycles. The van der Waals surface area contributed by atoms with Crippen molar-refractivity contribution in [1.29, 1.82) is 5.26 Å². The topological polar surface area (TPSA) is 92.5 Å². The number of fused-ring (bicyclic) bond motifs is 1. The van der Waals surface area contributed by atoms with Gasteiger partial charge in [0.1, 0.15) is 12.2 Å². The Morgan fingerprint density at radius 2 is 2.11 bits per heavy atom. The van der Waals surface area contributed by atoms with E-state index in [1.54, 1.807) is 37.4 Å². The fraction of sp³-hybridized carbons (Fsp3) is 0.412. The average Bonchev–Trinajstić information content (AvgIpc) is 2.64. The third-order valence-corrected chi connectivity index (χ3v) is 5.24. The molecular formula is C17H16F3N3O4S. The smallest absolute Gasteiger partial charge is 0.369 e. The predicted octanol–water partition coefficient (Wildman–Crippen LogP) is 2.57. The zero-order chi connectivity index (χ0) is 20.5. The van der Waals surface area contributed by atoms with Gasteiger partial charge in [-0.3, -0.25) is 9.17 Å². The van der Waals surface area contributed by atoms with Crippen molar-refractivity contribution in [2.45, 2.75) is 24.6 Å². The molecule has 1 fully saturated rings. The Balaban J connectivity index is 1.84. The Labute approximate surface area is 159 Å². The number of benzene rings is 1. The summed E-state index contributed by atoms with van der Waals surface area (Å²) < 4.78 is 69.3. The third-order valence-electron chi connectivity index (χ3n) is 4.23. The number of hydrogen-bond donors (Lipinski definition) is 0. The van der Waals surface area contributed by atoms with E-state index in [1.807, 2.05) is 4.90 Å². The van der Waals surface area contributed by atoms with Crippen LogP contribution in [0.2, 0.25) is 0 Å². The first-order chi connectivity index (χ1) is 13.1. The van der Waals surface area contributed by atoms with E-state index in [0.29, 0.717) is 23.0 Å². The van der Waals surface area contributed by atoms with Crippen molar-refractivity contribution >= 4 is 26.7 Å². The zero-order valence-electron chi connectivity index (χ0n) is 14.7. The first-order valence-electron chi connectivity index (χ1n) is 8.26. The second-order valence-electron chi connectivity index (χ2n) is 6.30. The van der Waals surface area contributed by atoms with Gasteiger partial charge in [-0.2, -0.15) is 26.9 Å². The minimum absolute atomic E-state index is 0.119. The highest BCUT2D eigenvalue weighted by molar-refractivity contribution is 7.87. The van der Waals surface area contributed by atoms with Gasteiger partial charge in [-0.05, 0) is 31.2 Å². The van der Waals surface area contributed by atoms with Gasteiger partial charge in [0.2, 0.25) is 0 Å². The molecular weight excluding hydrogens is 399 g/mol. The van der Waals surface area contributed by atoms with Crippen molar-refractivity contribution in [2.24, 2.45) is 0 Å². The van der Waals surface area contributed by atoms with Crippen molar-refractivity contribution in [2.75, 3.05) is 24.6 Å². The summed E-state index contributed by atoms with van der Waals surface area (Å²) in [6, 6.07) is 8.92. The first kappa shape index (κ1) is 20.3. The van der Waals surface area contributed by atoms with Gasteiger partial charge < -0.3 is 9.64 Å². The number of alkyl halides is 3. The molecule has 1 saturated heterocycles. The number of halogens is 3. The molecule has 7 nitrogen and oxygen atoms in total. The monoisotopic (exact) mass is 415 g/mol. The van der Waals surface area contributed by atoms with Crippen LogP contribution in [0.3, 0.4) is 0 Å². The summed E-state index contributed by atoms with van der Waals surface area (Å²) in [7, 11) is -5.68. The number of pyridine rings is 1. The molecule has 1 aromatic heterocycles. The van der Waals surface area contributed by atoms with Crippen LogP contribution in [-0.4, -0.2) is 50.8 Å². The molecule has 28 heavy (non-hydrogen) atoms. The van der Waals surface area contributed by atoms with E-state index in [2.05, 4.69) is 15.2 Å². The highest BCUT2D eigenvalue weighted by Gasteiger charge is 2.47. The lowest BCUT2D eigenvalue weighted by Crippen LogP contribution is -2.49. The molecule has 0 amide bonds. The maximum atomic E-state index is 12.5. The molecule has 150 valence electrons. The lowest BCUT2D eigenvalue weighted by molar-refractivity contribution is -0.0656. The summed E-state index contributed by atoms with van der Waals surface area (Å²) in [4.78, 5) is 6.09. The van der Waals surface area contributed by atoms with Gasteiger partial charge in [0.05, 0.1) is 23.8 Å². The SMILES string of the molecule is CC1CN(c2ccc(C#N)c3ncccc23)C[C@H](COS(=O)(=O)C(F)(F)F)O1. The minimum atomic E-state index is -5.68. The standard InChI is InChI=1S/C17H16F3N3O4S/c1-11-8-23(9-13(27-11)10-26-28(24,25)17(18,19)20)15-5-4-12(7-21)16-14(15)3-2-6-22-16/h2-6,11,13H,8-10H2,1H3/t11?,13-/m1/s1. The molecule has 1 aliphatic rings. The summed E-state index contributed by atoms with van der Waals surface area (Å²) in [5.74, 6) is 0. The molecule has 1 unspecified atom stereocenters. The molecule has 2 aromatic rings. The number of nitrogens with zero attached hydrogens (tertiary/aromatic N) is 3. The van der Waals surface area contributed by atoms with Gasteiger partial charge >= 0.3 is 15.6 Å². The number of hydrogen-bond acceptors (Lipinski definition) is 7. The normalized spacial score (nSPS) is 20.9. The first-order valence-corrected chi connectivity index (χ1v) is 9.67. The van der Waals surface area contributed by atoms with Crippen molar-refractivity contribution in [3.05, 3.63) is 36.0 Å². The van der Waals surface area contributed by atoms with E-state index in [4.69, 9.17) is 4.74 Å². The molecule has 2 heterocycles. The molecule has 0 spiro atoms. The maximum absolute atomic E-state index is 12.5. The van der Waals surface area contributed by atoms with Crippen LogP contribution >= 0.6 is 0 Å². The summed E-state index contributed by atoms with van der Waals surface area (Å²) in [6.07, 6.45) is 0.301. The van der Waals surface area contributed by atoms with Gasteiger partial charge in [-0.25, -0.2) is 0 Å².